The van der Waals surface area contributed by atoms with Crippen LogP contribution >= 0.6 is 15.9 Å². The van der Waals surface area contributed by atoms with Crippen LogP contribution < -0.4 is 0 Å². The van der Waals surface area contributed by atoms with Crippen LogP contribution in [0.1, 0.15) is 11.8 Å². The van der Waals surface area contributed by atoms with E-state index in [1.807, 2.05) is 0 Å². The number of aliphatic hydroxyl groups is 1. The molecule has 1 N–H and O–H groups in total. The molecule has 0 aliphatic carbocycles. The molecule has 1 unspecified atom stereocenters. The van der Waals surface area contributed by atoms with Crippen molar-refractivity contribution in [2.75, 3.05) is 0 Å². The molecule has 2 nitrogen and oxygen atoms in total. The Morgan fingerprint density at radius 2 is 2.08 bits per heavy atom. The van der Waals surface area contributed by atoms with Gasteiger partial charge in [-0.1, -0.05) is 0 Å². The third kappa shape index (κ3) is 2.22. The quantitative estimate of drug-likeness (QED) is 0.856. The third-order valence-electron chi connectivity index (χ3n) is 1.29. The van der Waals surface area contributed by atoms with Crippen LogP contribution in [0.5, 0.6) is 0 Å². The smallest absolute Gasteiger partial charge is 0.269 e. The molecule has 0 amide bonds. The van der Waals surface area contributed by atoms with E-state index in [-0.39, 0.29) is 5.69 Å². The average molecular weight is 238 g/mol. The minimum Gasteiger partial charge on any atom is -0.381 e. The van der Waals surface area contributed by atoms with E-state index in [4.69, 9.17) is 5.11 Å². The maximum Gasteiger partial charge on any atom is 0.269 e. The predicted molar refractivity (Wildman–Crippen MR) is 42.9 cm³/mol. The lowest BCUT2D eigenvalue weighted by atomic mass is 10.2. The highest BCUT2D eigenvalue weighted by Crippen LogP contribution is 2.19. The molecular weight excluding hydrogens is 232 g/mol. The van der Waals surface area contributed by atoms with Crippen molar-refractivity contribution in [3.8, 4) is 0 Å². The van der Waals surface area contributed by atoms with Crippen LogP contribution in [0.15, 0.2) is 22.8 Å². The van der Waals surface area contributed by atoms with Crippen molar-refractivity contribution < 1.29 is 13.9 Å². The number of nitrogens with zero attached hydrogens (tertiary/aromatic N) is 1. The van der Waals surface area contributed by atoms with Gasteiger partial charge in [0.1, 0.15) is 0 Å². The molecule has 0 fully saturated rings. The monoisotopic (exact) mass is 237 g/mol. The Kier molecular flexibility index (Phi) is 3.11. The van der Waals surface area contributed by atoms with Gasteiger partial charge in [0.2, 0.25) is 0 Å². The zero-order valence-corrected chi connectivity index (χ0v) is 7.50. The third-order valence-corrected chi connectivity index (χ3v) is 1.76. The molecule has 0 spiro atoms. The van der Waals surface area contributed by atoms with Crippen LogP contribution in [0.4, 0.5) is 8.78 Å². The molecule has 1 heterocycles. The fourth-order valence-corrected chi connectivity index (χ4v) is 0.926. The molecule has 66 valence electrons. The Morgan fingerprint density at radius 3 is 2.50 bits per heavy atom. The first kappa shape index (κ1) is 9.54. The van der Waals surface area contributed by atoms with E-state index in [9.17, 15) is 8.78 Å². The summed E-state index contributed by atoms with van der Waals surface area (Å²) in [5.41, 5.74) is -0.0202. The SMILES string of the molecule is OC(c1ccc(Br)cn1)C(F)F. The van der Waals surface area contributed by atoms with E-state index in [2.05, 4.69) is 20.9 Å². The number of aromatic nitrogens is 1. The molecule has 0 aromatic carbocycles. The van der Waals surface area contributed by atoms with E-state index in [0.29, 0.717) is 4.47 Å². The Bertz CT molecular complexity index is 252. The molecule has 1 aromatic rings. The van der Waals surface area contributed by atoms with Gasteiger partial charge < -0.3 is 5.11 Å². The summed E-state index contributed by atoms with van der Waals surface area (Å²) < 4.78 is 24.5. The highest BCUT2D eigenvalue weighted by Gasteiger charge is 2.19. The molecule has 0 saturated heterocycles. The normalized spacial score (nSPS) is 13.4. The minimum atomic E-state index is -2.79. The maximum absolute atomic E-state index is 11.9. The zero-order valence-electron chi connectivity index (χ0n) is 5.92. The van der Waals surface area contributed by atoms with Crippen molar-refractivity contribution in [1.29, 1.82) is 0 Å². The fraction of sp³-hybridized carbons (Fsp3) is 0.286. The average Bonchev–Trinajstić information content (AvgIpc) is 2.04. The summed E-state index contributed by atoms with van der Waals surface area (Å²) in [5, 5.41) is 8.86. The van der Waals surface area contributed by atoms with Gasteiger partial charge in [0.15, 0.2) is 6.10 Å². The Hall–Kier alpha value is -0.550. The number of aliphatic hydroxyl groups excluding tert-OH is 1. The molecule has 0 aliphatic rings. The Balaban J connectivity index is 2.82. The summed E-state index contributed by atoms with van der Waals surface area (Å²) in [6.45, 7) is 0. The van der Waals surface area contributed by atoms with Gasteiger partial charge in [-0.15, -0.1) is 0 Å². The molecule has 0 radical (unpaired) electrons. The van der Waals surface area contributed by atoms with Gasteiger partial charge in [-0.05, 0) is 28.1 Å². The van der Waals surface area contributed by atoms with Gasteiger partial charge >= 0.3 is 0 Å². The number of hydrogen-bond acceptors (Lipinski definition) is 2. The van der Waals surface area contributed by atoms with E-state index in [0.717, 1.165) is 0 Å². The highest BCUT2D eigenvalue weighted by molar-refractivity contribution is 9.10. The van der Waals surface area contributed by atoms with Crippen molar-refractivity contribution in [3.63, 3.8) is 0 Å². The van der Waals surface area contributed by atoms with Gasteiger partial charge in [0, 0.05) is 10.7 Å². The second-order valence-electron chi connectivity index (χ2n) is 2.18. The number of pyridine rings is 1. The van der Waals surface area contributed by atoms with Crippen LogP contribution in [-0.2, 0) is 0 Å². The first-order valence-electron chi connectivity index (χ1n) is 3.19. The number of hydrogen-bond donors (Lipinski definition) is 1. The standard InChI is InChI=1S/C7H6BrF2NO/c8-4-1-2-5(11-3-4)6(12)7(9)10/h1-3,6-7,12H. The van der Waals surface area contributed by atoms with Crippen molar-refractivity contribution in [1.82, 2.24) is 4.98 Å². The lowest BCUT2D eigenvalue weighted by molar-refractivity contribution is -0.00821. The van der Waals surface area contributed by atoms with Crippen LogP contribution in [0.3, 0.4) is 0 Å². The Labute approximate surface area is 76.4 Å². The van der Waals surface area contributed by atoms with Gasteiger partial charge in [-0.25, -0.2) is 8.78 Å². The first-order chi connectivity index (χ1) is 5.61. The molecule has 1 rings (SSSR count). The lowest BCUT2D eigenvalue weighted by Gasteiger charge is -2.07. The Morgan fingerprint density at radius 1 is 1.42 bits per heavy atom. The van der Waals surface area contributed by atoms with Gasteiger partial charge in [0.05, 0.1) is 5.69 Å². The molecule has 0 saturated carbocycles. The second kappa shape index (κ2) is 3.91. The van der Waals surface area contributed by atoms with Crippen LogP contribution in [0.2, 0.25) is 0 Å². The summed E-state index contributed by atoms with van der Waals surface area (Å²) in [4.78, 5) is 3.62. The molecule has 0 aliphatic heterocycles. The predicted octanol–water partition coefficient (Wildman–Crippen LogP) is 2.14. The van der Waals surface area contributed by atoms with E-state index >= 15 is 0 Å². The molecule has 12 heavy (non-hydrogen) atoms. The van der Waals surface area contributed by atoms with E-state index in [1.165, 1.54) is 12.3 Å². The molecular formula is C7H6BrF2NO. The van der Waals surface area contributed by atoms with Gasteiger partial charge in [-0.2, -0.15) is 0 Å². The topological polar surface area (TPSA) is 33.1 Å². The zero-order chi connectivity index (χ0) is 9.14. The molecule has 1 aromatic heterocycles. The summed E-state index contributed by atoms with van der Waals surface area (Å²) in [6.07, 6.45) is -3.22. The first-order valence-corrected chi connectivity index (χ1v) is 3.98. The maximum atomic E-state index is 11.9. The van der Waals surface area contributed by atoms with Gasteiger partial charge in [-0.3, -0.25) is 4.98 Å². The van der Waals surface area contributed by atoms with E-state index in [1.54, 1.807) is 6.07 Å². The number of alkyl halides is 2. The van der Waals surface area contributed by atoms with Crippen LogP contribution in [-0.4, -0.2) is 16.5 Å². The summed E-state index contributed by atoms with van der Waals surface area (Å²) >= 11 is 3.10. The van der Waals surface area contributed by atoms with E-state index < -0.39 is 12.5 Å². The summed E-state index contributed by atoms with van der Waals surface area (Å²) in [7, 11) is 0. The summed E-state index contributed by atoms with van der Waals surface area (Å²) in [5.74, 6) is 0. The van der Waals surface area contributed by atoms with Crippen LogP contribution in [0, 0.1) is 0 Å². The highest BCUT2D eigenvalue weighted by atomic mass is 79.9. The van der Waals surface area contributed by atoms with Crippen molar-refractivity contribution in [2.24, 2.45) is 0 Å². The molecule has 0 bridgehead atoms. The van der Waals surface area contributed by atoms with Crippen molar-refractivity contribution in [2.45, 2.75) is 12.5 Å². The van der Waals surface area contributed by atoms with Crippen molar-refractivity contribution in [3.05, 3.63) is 28.5 Å². The second-order valence-corrected chi connectivity index (χ2v) is 3.10. The minimum absolute atomic E-state index is 0.0202. The largest absolute Gasteiger partial charge is 0.381 e. The number of halogens is 3. The summed E-state index contributed by atoms with van der Waals surface area (Å²) in [6, 6.07) is 2.90. The molecule has 5 heteroatoms. The lowest BCUT2D eigenvalue weighted by Crippen LogP contribution is -2.09. The van der Waals surface area contributed by atoms with Crippen molar-refractivity contribution >= 4 is 15.9 Å². The molecule has 1 atom stereocenters. The van der Waals surface area contributed by atoms with Crippen LogP contribution in [0.25, 0.3) is 0 Å². The fourth-order valence-electron chi connectivity index (χ4n) is 0.691. The van der Waals surface area contributed by atoms with Gasteiger partial charge in [0.25, 0.3) is 6.43 Å². The number of rotatable bonds is 2.